The third-order valence-electron chi connectivity index (χ3n) is 2.13. The molecule has 0 amide bonds. The fourth-order valence-electron chi connectivity index (χ4n) is 1.36. The summed E-state index contributed by atoms with van der Waals surface area (Å²) in [5.74, 6) is 0. The molecule has 0 bridgehead atoms. The number of nitrogens with zero attached hydrogens (tertiary/aromatic N) is 3. The Morgan fingerprint density at radius 1 is 1.58 bits per heavy atom. The van der Waals surface area contributed by atoms with Gasteiger partial charge in [0.25, 0.3) is 6.79 Å². The van der Waals surface area contributed by atoms with Crippen molar-refractivity contribution in [3.8, 4) is 0 Å². The maximum absolute atomic E-state index is 11.3. The Hall–Kier alpha value is -1.77. The van der Waals surface area contributed by atoms with Gasteiger partial charge in [-0.15, -0.1) is 5.01 Å². The zero-order valence-electron chi connectivity index (χ0n) is 11.2. The molecule has 1 aliphatic rings. The quantitative estimate of drug-likeness (QED) is 0.202. The second-order valence-corrected chi connectivity index (χ2v) is 5.05. The minimum absolute atomic E-state index is 0.198. The lowest BCUT2D eigenvalue weighted by atomic mass is 10.2. The summed E-state index contributed by atoms with van der Waals surface area (Å²) in [5.41, 5.74) is -0.662. The summed E-state index contributed by atoms with van der Waals surface area (Å²) in [4.78, 5) is 15.8. The van der Waals surface area contributed by atoms with Gasteiger partial charge in [-0.25, -0.2) is 4.79 Å². The van der Waals surface area contributed by atoms with E-state index in [0.717, 1.165) is 0 Å². The third kappa shape index (κ3) is 6.09. The first-order chi connectivity index (χ1) is 8.78. The van der Waals surface area contributed by atoms with Crippen molar-refractivity contribution in [3.05, 3.63) is 5.21 Å². The molecule has 0 radical (unpaired) electrons. The van der Waals surface area contributed by atoms with Crippen LogP contribution in [0.3, 0.4) is 0 Å². The van der Waals surface area contributed by atoms with E-state index in [-0.39, 0.29) is 11.5 Å². The largest absolute Gasteiger partial charge is 0.569 e. The van der Waals surface area contributed by atoms with Crippen molar-refractivity contribution in [1.29, 1.82) is 0 Å². The lowest BCUT2D eigenvalue weighted by Crippen LogP contribution is -2.29. The first-order valence-corrected chi connectivity index (χ1v) is 5.87. The fourth-order valence-corrected chi connectivity index (χ4v) is 1.36. The van der Waals surface area contributed by atoms with Gasteiger partial charge < -0.3 is 24.6 Å². The monoisotopic (exact) mass is 277 g/mol. The summed E-state index contributed by atoms with van der Waals surface area (Å²) in [6, 6.07) is 0. The van der Waals surface area contributed by atoms with Gasteiger partial charge in [0.15, 0.2) is 0 Å². The summed E-state index contributed by atoms with van der Waals surface area (Å²) in [6.07, 6.45) is -0.940. The molecule has 1 aliphatic heterocycles. The molecule has 19 heavy (non-hydrogen) atoms. The first-order valence-electron chi connectivity index (χ1n) is 5.87. The molecule has 1 saturated heterocycles. The van der Waals surface area contributed by atoms with Gasteiger partial charge in [0.05, 0.1) is 17.6 Å². The standard InChI is InChI=1S/C10H19N3O6/c1-10(2,3)19-9(15)17-7-18-11-13(16)12-5-4-8(14)6-12/h8,14H,4-7H2,1-3H3. The highest BCUT2D eigenvalue weighted by Crippen LogP contribution is 2.09. The van der Waals surface area contributed by atoms with E-state index in [0.29, 0.717) is 13.0 Å². The Bertz CT molecular complexity index is 341. The molecule has 0 spiro atoms. The zero-order valence-corrected chi connectivity index (χ0v) is 11.2. The van der Waals surface area contributed by atoms with Crippen molar-refractivity contribution >= 4 is 6.16 Å². The number of rotatable bonds is 4. The second kappa shape index (κ2) is 6.41. The van der Waals surface area contributed by atoms with Crippen LogP contribution < -0.4 is 0 Å². The van der Waals surface area contributed by atoms with Gasteiger partial charge >= 0.3 is 6.16 Å². The molecule has 9 heteroatoms. The van der Waals surface area contributed by atoms with Crippen molar-refractivity contribution in [1.82, 2.24) is 5.01 Å². The third-order valence-corrected chi connectivity index (χ3v) is 2.13. The van der Waals surface area contributed by atoms with E-state index in [1.807, 2.05) is 0 Å². The average molecular weight is 277 g/mol. The molecule has 0 aliphatic carbocycles. The van der Waals surface area contributed by atoms with Gasteiger partial charge in [-0.3, -0.25) is 0 Å². The van der Waals surface area contributed by atoms with Crippen molar-refractivity contribution < 1.29 is 29.2 Å². The molecule has 1 rings (SSSR count). The summed E-state index contributed by atoms with van der Waals surface area (Å²) >= 11 is 0. The predicted octanol–water partition coefficient (Wildman–Crippen LogP) is 0.771. The lowest BCUT2D eigenvalue weighted by Gasteiger charge is -2.18. The summed E-state index contributed by atoms with van der Waals surface area (Å²) in [5, 5.41) is 25.0. The number of hydrazine groups is 1. The molecule has 110 valence electrons. The van der Waals surface area contributed by atoms with E-state index in [1.54, 1.807) is 20.8 Å². The van der Waals surface area contributed by atoms with Crippen LogP contribution in [0.15, 0.2) is 5.28 Å². The number of aliphatic hydroxyl groups is 1. The van der Waals surface area contributed by atoms with Gasteiger partial charge in [-0.1, -0.05) is 0 Å². The minimum Gasteiger partial charge on any atom is -0.569 e. The molecule has 1 heterocycles. The average Bonchev–Trinajstić information content (AvgIpc) is 2.68. The van der Waals surface area contributed by atoms with Crippen LogP contribution in [0.5, 0.6) is 0 Å². The highest BCUT2D eigenvalue weighted by Gasteiger charge is 2.26. The van der Waals surface area contributed by atoms with Crippen LogP contribution in [0, 0.1) is 5.21 Å². The van der Waals surface area contributed by atoms with Gasteiger partial charge in [0, 0.05) is 0 Å². The molecule has 0 aromatic carbocycles. The first kappa shape index (κ1) is 15.3. The molecule has 0 aromatic heterocycles. The van der Waals surface area contributed by atoms with Crippen LogP contribution in [0.2, 0.25) is 0 Å². The molecule has 1 atom stereocenters. The highest BCUT2D eigenvalue weighted by molar-refractivity contribution is 5.60. The molecule has 0 saturated carbocycles. The number of carbonyl (C=O) groups excluding carboxylic acids is 1. The van der Waals surface area contributed by atoms with E-state index in [1.165, 1.54) is 5.01 Å². The maximum Gasteiger partial charge on any atom is 0.511 e. The number of aliphatic hydroxyl groups excluding tert-OH is 1. The van der Waals surface area contributed by atoms with E-state index in [9.17, 15) is 15.1 Å². The highest BCUT2D eigenvalue weighted by atomic mass is 16.8. The topological polar surface area (TPSA) is 107 Å². The molecule has 1 unspecified atom stereocenters. The van der Waals surface area contributed by atoms with Gasteiger partial charge in [0.1, 0.15) is 12.1 Å². The number of hydrogen-bond donors (Lipinski definition) is 1. The smallest absolute Gasteiger partial charge is 0.511 e. The molecule has 1 fully saturated rings. The maximum atomic E-state index is 11.3. The van der Waals surface area contributed by atoms with Crippen molar-refractivity contribution in [2.24, 2.45) is 5.28 Å². The Labute approximate surface area is 110 Å². The summed E-state index contributed by atoms with van der Waals surface area (Å²) in [6.45, 7) is 5.14. The van der Waals surface area contributed by atoms with Crippen LogP contribution in [0.25, 0.3) is 0 Å². The molecule has 1 N–H and O–H groups in total. The molecule has 9 nitrogen and oxygen atoms in total. The number of β-amino-alcohol motifs (C(OH)–C–C–N with tert-alkyl or cyclic N) is 1. The summed E-state index contributed by atoms with van der Waals surface area (Å²) < 4.78 is 9.38. The van der Waals surface area contributed by atoms with Crippen LogP contribution in [-0.4, -0.2) is 52.8 Å². The second-order valence-electron chi connectivity index (χ2n) is 5.05. The van der Waals surface area contributed by atoms with Crippen molar-refractivity contribution in [2.45, 2.75) is 38.9 Å². The Kier molecular flexibility index (Phi) is 5.16. The number of hydrogen-bond acceptors (Lipinski definition) is 7. The SMILES string of the molecule is CC(C)(C)OC(=O)OCON=[N+]([O-])N1CCC(O)C1. The predicted molar refractivity (Wildman–Crippen MR) is 61.5 cm³/mol. The fraction of sp³-hybridized carbons (Fsp3) is 0.900. The Morgan fingerprint density at radius 2 is 2.26 bits per heavy atom. The van der Waals surface area contributed by atoms with Crippen molar-refractivity contribution in [2.75, 3.05) is 19.9 Å². The zero-order chi connectivity index (χ0) is 14.5. The summed E-state index contributed by atoms with van der Waals surface area (Å²) in [7, 11) is 0. The van der Waals surface area contributed by atoms with Crippen LogP contribution >= 0.6 is 0 Å². The molecule has 0 aromatic rings. The Balaban J connectivity index is 2.21. The van der Waals surface area contributed by atoms with E-state index in [2.05, 4.69) is 14.9 Å². The normalized spacial score (nSPS) is 20.3. The molecular weight excluding hydrogens is 258 g/mol. The number of ether oxygens (including phenoxy) is 2. The Morgan fingerprint density at radius 3 is 2.79 bits per heavy atom. The van der Waals surface area contributed by atoms with Gasteiger partial charge in [0.2, 0.25) is 5.28 Å². The van der Waals surface area contributed by atoms with Gasteiger partial charge in [-0.2, -0.15) is 0 Å². The van der Waals surface area contributed by atoms with Crippen LogP contribution in [0.4, 0.5) is 4.79 Å². The number of carbonyl (C=O) groups is 1. The van der Waals surface area contributed by atoms with Crippen LogP contribution in [-0.2, 0) is 14.3 Å². The van der Waals surface area contributed by atoms with E-state index in [4.69, 9.17) is 4.74 Å². The molecular formula is C10H19N3O6. The van der Waals surface area contributed by atoms with E-state index < -0.39 is 24.7 Å². The van der Waals surface area contributed by atoms with E-state index >= 15 is 0 Å². The minimum atomic E-state index is -0.906. The van der Waals surface area contributed by atoms with Crippen LogP contribution in [0.1, 0.15) is 27.2 Å². The van der Waals surface area contributed by atoms with Gasteiger partial charge in [-0.05, 0) is 27.2 Å². The lowest BCUT2D eigenvalue weighted by molar-refractivity contribution is -0.708. The van der Waals surface area contributed by atoms with Crippen molar-refractivity contribution in [3.63, 3.8) is 0 Å².